The molecule has 2 N–H and O–H groups in total. The van der Waals surface area contributed by atoms with Gasteiger partial charge in [0.1, 0.15) is 17.8 Å². The average molecular weight is 306 g/mol. The third-order valence-corrected chi connectivity index (χ3v) is 3.41. The first-order valence-corrected chi connectivity index (χ1v) is 7.32. The number of ether oxygens (including phenoxy) is 1. The van der Waals surface area contributed by atoms with Crippen molar-refractivity contribution in [1.29, 1.82) is 0 Å². The van der Waals surface area contributed by atoms with Gasteiger partial charge >= 0.3 is 0 Å². The Morgan fingerprint density at radius 2 is 1.61 bits per heavy atom. The van der Waals surface area contributed by atoms with E-state index in [-0.39, 0.29) is 0 Å². The van der Waals surface area contributed by atoms with Crippen molar-refractivity contribution in [2.45, 2.75) is 6.54 Å². The largest absolute Gasteiger partial charge is 0.437 e. The third-order valence-electron chi connectivity index (χ3n) is 3.41. The Hall–Kier alpha value is -3.08. The predicted octanol–water partition coefficient (Wildman–Crippen LogP) is 3.49. The van der Waals surface area contributed by atoms with Crippen LogP contribution in [0.5, 0.6) is 11.6 Å². The van der Waals surface area contributed by atoms with E-state index < -0.39 is 0 Å². The zero-order valence-electron chi connectivity index (χ0n) is 12.9. The molecule has 2 aromatic carbocycles. The van der Waals surface area contributed by atoms with Gasteiger partial charge in [-0.2, -0.15) is 4.98 Å². The molecule has 0 radical (unpaired) electrons. The number of hydrogen-bond acceptors (Lipinski definition) is 5. The monoisotopic (exact) mass is 306 g/mol. The third kappa shape index (κ3) is 3.58. The Kier molecular flexibility index (Phi) is 4.38. The van der Waals surface area contributed by atoms with Crippen LogP contribution in [0.3, 0.4) is 0 Å². The second-order valence-corrected chi connectivity index (χ2v) is 5.17. The first-order valence-electron chi connectivity index (χ1n) is 7.32. The molecule has 3 rings (SSSR count). The number of benzene rings is 2. The van der Waals surface area contributed by atoms with Crippen molar-refractivity contribution in [3.05, 3.63) is 72.6 Å². The highest BCUT2D eigenvalue weighted by Crippen LogP contribution is 2.31. The van der Waals surface area contributed by atoms with Gasteiger partial charge in [-0.1, -0.05) is 48.5 Å². The Morgan fingerprint density at radius 1 is 0.957 bits per heavy atom. The quantitative estimate of drug-likeness (QED) is 0.781. The number of para-hydroxylation sites is 1. The minimum absolute atomic E-state index is 0.362. The van der Waals surface area contributed by atoms with Crippen molar-refractivity contribution < 1.29 is 4.74 Å². The summed E-state index contributed by atoms with van der Waals surface area (Å²) < 4.78 is 5.75. The molecule has 5 heteroatoms. The molecule has 0 saturated carbocycles. The van der Waals surface area contributed by atoms with E-state index in [9.17, 15) is 0 Å². The number of aromatic nitrogens is 2. The van der Waals surface area contributed by atoms with Crippen molar-refractivity contribution in [3.63, 3.8) is 0 Å². The average Bonchev–Trinajstić information content (AvgIpc) is 2.58. The fraction of sp³-hybridized carbons (Fsp3) is 0.111. The topological polar surface area (TPSA) is 64.3 Å². The Morgan fingerprint density at radius 3 is 2.30 bits per heavy atom. The number of nitrogens with two attached hydrogens (primary N) is 1. The summed E-state index contributed by atoms with van der Waals surface area (Å²) in [5.74, 6) is 1.70. The lowest BCUT2D eigenvalue weighted by atomic mass is 10.2. The molecule has 0 atom stereocenters. The van der Waals surface area contributed by atoms with Crippen LogP contribution in [-0.4, -0.2) is 17.0 Å². The van der Waals surface area contributed by atoms with E-state index in [1.807, 2.05) is 60.5 Å². The molecular formula is C18H18N4O. The molecular weight excluding hydrogens is 288 g/mol. The summed E-state index contributed by atoms with van der Waals surface area (Å²) >= 11 is 0. The Balaban J connectivity index is 1.81. The van der Waals surface area contributed by atoms with Crippen LogP contribution in [0.4, 0.5) is 11.5 Å². The Bertz CT molecular complexity index is 762. The van der Waals surface area contributed by atoms with Gasteiger partial charge in [0.25, 0.3) is 0 Å². The van der Waals surface area contributed by atoms with Gasteiger partial charge < -0.3 is 15.4 Å². The lowest BCUT2D eigenvalue weighted by molar-refractivity contribution is 0.464. The molecule has 0 aliphatic rings. The molecule has 1 aromatic heterocycles. The molecule has 0 aliphatic carbocycles. The highest BCUT2D eigenvalue weighted by Gasteiger charge is 2.14. The smallest absolute Gasteiger partial charge is 0.248 e. The maximum atomic E-state index is 6.19. The minimum atomic E-state index is 0.362. The summed E-state index contributed by atoms with van der Waals surface area (Å²) in [4.78, 5) is 10.4. The molecule has 23 heavy (non-hydrogen) atoms. The summed E-state index contributed by atoms with van der Waals surface area (Å²) in [6, 6.07) is 19.6. The maximum Gasteiger partial charge on any atom is 0.248 e. The first kappa shape index (κ1) is 14.8. The SMILES string of the molecule is CN(Cc1ccccc1)c1ncnc(Oc2ccccc2)c1N. The molecule has 0 unspecified atom stereocenters. The van der Waals surface area contributed by atoms with Gasteiger partial charge in [-0.3, -0.25) is 0 Å². The summed E-state index contributed by atoms with van der Waals surface area (Å²) in [5, 5.41) is 0. The normalized spacial score (nSPS) is 10.3. The van der Waals surface area contributed by atoms with Gasteiger partial charge in [0.05, 0.1) is 0 Å². The second-order valence-electron chi connectivity index (χ2n) is 5.17. The fourth-order valence-corrected chi connectivity index (χ4v) is 2.29. The van der Waals surface area contributed by atoms with E-state index in [0.29, 0.717) is 29.7 Å². The molecule has 0 saturated heterocycles. The van der Waals surface area contributed by atoms with Crippen LogP contribution in [0.1, 0.15) is 5.56 Å². The van der Waals surface area contributed by atoms with Gasteiger partial charge in [-0.05, 0) is 17.7 Å². The standard InChI is InChI=1S/C18H18N4O/c1-22(12-14-8-4-2-5-9-14)17-16(19)18(21-13-20-17)23-15-10-6-3-7-11-15/h2-11,13H,12,19H2,1H3. The van der Waals surface area contributed by atoms with E-state index in [2.05, 4.69) is 22.1 Å². The maximum absolute atomic E-state index is 6.19. The van der Waals surface area contributed by atoms with Gasteiger partial charge in [0.2, 0.25) is 5.88 Å². The predicted molar refractivity (Wildman–Crippen MR) is 91.5 cm³/mol. The zero-order valence-corrected chi connectivity index (χ0v) is 12.9. The van der Waals surface area contributed by atoms with Gasteiger partial charge in [-0.25, -0.2) is 4.98 Å². The number of rotatable bonds is 5. The first-order chi connectivity index (χ1) is 11.2. The minimum Gasteiger partial charge on any atom is -0.437 e. The van der Waals surface area contributed by atoms with E-state index in [4.69, 9.17) is 10.5 Å². The van der Waals surface area contributed by atoms with Crippen molar-refractivity contribution in [3.8, 4) is 11.6 Å². The summed E-state index contributed by atoms with van der Waals surface area (Å²) in [7, 11) is 1.94. The molecule has 0 bridgehead atoms. The highest BCUT2D eigenvalue weighted by atomic mass is 16.5. The number of nitrogens with zero attached hydrogens (tertiary/aromatic N) is 3. The van der Waals surface area contributed by atoms with Crippen molar-refractivity contribution in [2.75, 3.05) is 17.7 Å². The second kappa shape index (κ2) is 6.79. The van der Waals surface area contributed by atoms with Crippen molar-refractivity contribution >= 4 is 11.5 Å². The van der Waals surface area contributed by atoms with Crippen molar-refractivity contribution in [1.82, 2.24) is 9.97 Å². The summed E-state index contributed by atoms with van der Waals surface area (Å²) in [5.41, 5.74) is 7.80. The van der Waals surface area contributed by atoms with Gasteiger partial charge in [-0.15, -0.1) is 0 Å². The van der Waals surface area contributed by atoms with Crippen LogP contribution in [-0.2, 0) is 6.54 Å². The Labute approximate surface area is 135 Å². The van der Waals surface area contributed by atoms with E-state index in [1.54, 1.807) is 0 Å². The van der Waals surface area contributed by atoms with E-state index in [1.165, 1.54) is 11.9 Å². The summed E-state index contributed by atoms with van der Waals surface area (Å²) in [6.45, 7) is 0.701. The van der Waals surface area contributed by atoms with E-state index in [0.717, 1.165) is 0 Å². The highest BCUT2D eigenvalue weighted by molar-refractivity contribution is 5.68. The van der Waals surface area contributed by atoms with Crippen LogP contribution in [0.15, 0.2) is 67.0 Å². The van der Waals surface area contributed by atoms with Crippen LogP contribution < -0.4 is 15.4 Å². The van der Waals surface area contributed by atoms with E-state index >= 15 is 0 Å². The molecule has 0 spiro atoms. The van der Waals surface area contributed by atoms with Gasteiger partial charge in [0.15, 0.2) is 5.82 Å². The molecule has 116 valence electrons. The van der Waals surface area contributed by atoms with Crippen LogP contribution in [0.2, 0.25) is 0 Å². The fourth-order valence-electron chi connectivity index (χ4n) is 2.29. The van der Waals surface area contributed by atoms with Crippen LogP contribution in [0.25, 0.3) is 0 Å². The lowest BCUT2D eigenvalue weighted by Crippen LogP contribution is -2.19. The number of nitrogen functional groups attached to an aromatic ring is 1. The molecule has 3 aromatic rings. The molecule has 0 amide bonds. The molecule has 1 heterocycles. The number of anilines is 2. The van der Waals surface area contributed by atoms with Gasteiger partial charge in [0, 0.05) is 13.6 Å². The molecule has 0 fully saturated rings. The number of hydrogen-bond donors (Lipinski definition) is 1. The molecule has 0 aliphatic heterocycles. The molecule has 5 nitrogen and oxygen atoms in total. The van der Waals surface area contributed by atoms with Crippen molar-refractivity contribution in [2.24, 2.45) is 0 Å². The zero-order chi connectivity index (χ0) is 16.1. The summed E-state index contributed by atoms with van der Waals surface area (Å²) in [6.07, 6.45) is 1.46. The van der Waals surface area contributed by atoms with Crippen LogP contribution >= 0.6 is 0 Å². The van der Waals surface area contributed by atoms with Crippen LogP contribution in [0, 0.1) is 0 Å². The lowest BCUT2D eigenvalue weighted by Gasteiger charge is -2.20.